The number of ether oxygens (including phenoxy) is 1. The van der Waals surface area contributed by atoms with Gasteiger partial charge in [0.2, 0.25) is 0 Å². The molecule has 0 radical (unpaired) electrons. The van der Waals surface area contributed by atoms with Crippen molar-refractivity contribution in [3.05, 3.63) is 54.1 Å². The Morgan fingerprint density at radius 1 is 1.06 bits per heavy atom. The largest absolute Gasteiger partial charge is 0.462 e. The summed E-state index contributed by atoms with van der Waals surface area (Å²) in [6.07, 6.45) is 5.38. The first kappa shape index (κ1) is 24.3. The molecular formula is C24H28N4O4S2. The van der Waals surface area contributed by atoms with Crippen molar-refractivity contribution in [1.82, 2.24) is 14.8 Å². The number of aromatic nitrogens is 3. The second-order valence-corrected chi connectivity index (χ2v) is 11.0. The van der Waals surface area contributed by atoms with E-state index in [1.807, 2.05) is 18.5 Å². The summed E-state index contributed by atoms with van der Waals surface area (Å²) in [4.78, 5) is 12.4. The lowest BCUT2D eigenvalue weighted by Crippen LogP contribution is -2.22. The van der Waals surface area contributed by atoms with Crippen molar-refractivity contribution in [2.24, 2.45) is 7.05 Å². The van der Waals surface area contributed by atoms with E-state index in [9.17, 15) is 13.2 Å². The normalized spacial score (nSPS) is 14.6. The number of hydrogen-bond donors (Lipinski definition) is 1. The lowest BCUT2D eigenvalue weighted by Gasteiger charge is -2.21. The summed E-state index contributed by atoms with van der Waals surface area (Å²) >= 11 is 1.29. The zero-order valence-corrected chi connectivity index (χ0v) is 20.9. The number of aryl methyl sites for hydroxylation is 1. The minimum atomic E-state index is -3.67. The molecule has 0 amide bonds. The highest BCUT2D eigenvalue weighted by Gasteiger charge is 2.19. The molecule has 0 saturated heterocycles. The van der Waals surface area contributed by atoms with Gasteiger partial charge < -0.3 is 9.30 Å². The van der Waals surface area contributed by atoms with Crippen LogP contribution in [0.15, 0.2) is 58.6 Å². The Balaban J connectivity index is 1.37. The van der Waals surface area contributed by atoms with Gasteiger partial charge in [-0.2, -0.15) is 0 Å². The Morgan fingerprint density at radius 3 is 2.41 bits per heavy atom. The molecule has 1 aliphatic carbocycles. The van der Waals surface area contributed by atoms with Crippen molar-refractivity contribution in [2.45, 2.75) is 55.2 Å². The van der Waals surface area contributed by atoms with Gasteiger partial charge >= 0.3 is 5.97 Å². The van der Waals surface area contributed by atoms with E-state index in [2.05, 4.69) is 14.9 Å². The molecule has 3 aromatic rings. The minimum Gasteiger partial charge on any atom is -0.462 e. The summed E-state index contributed by atoms with van der Waals surface area (Å²) in [6, 6.07) is 13.6. The molecule has 0 unspecified atom stereocenters. The third kappa shape index (κ3) is 5.98. The van der Waals surface area contributed by atoms with E-state index in [1.165, 1.54) is 18.2 Å². The van der Waals surface area contributed by atoms with Crippen molar-refractivity contribution in [1.29, 1.82) is 0 Å². The number of benzene rings is 2. The van der Waals surface area contributed by atoms with Crippen molar-refractivity contribution in [3.8, 4) is 11.4 Å². The van der Waals surface area contributed by atoms with E-state index in [0.29, 0.717) is 16.7 Å². The molecule has 0 atom stereocenters. The summed E-state index contributed by atoms with van der Waals surface area (Å²) in [5.41, 5.74) is 2.22. The topological polar surface area (TPSA) is 103 Å². The van der Waals surface area contributed by atoms with Crippen LogP contribution < -0.4 is 4.72 Å². The lowest BCUT2D eigenvalue weighted by atomic mass is 9.98. The zero-order valence-electron chi connectivity index (χ0n) is 19.2. The van der Waals surface area contributed by atoms with Gasteiger partial charge in [-0.25, -0.2) is 8.42 Å². The third-order valence-corrected chi connectivity index (χ3v) is 8.12. The molecule has 10 heteroatoms. The fourth-order valence-electron chi connectivity index (χ4n) is 3.84. The van der Waals surface area contributed by atoms with Gasteiger partial charge in [0.05, 0.1) is 10.6 Å². The number of esters is 1. The van der Waals surface area contributed by atoms with E-state index in [0.717, 1.165) is 36.8 Å². The molecule has 1 saturated carbocycles. The smallest absolute Gasteiger partial charge is 0.316 e. The molecule has 4 rings (SSSR count). The molecule has 1 aliphatic rings. The van der Waals surface area contributed by atoms with E-state index in [4.69, 9.17) is 4.74 Å². The molecule has 1 fully saturated rings. The lowest BCUT2D eigenvalue weighted by molar-refractivity contribution is -0.147. The molecule has 180 valence electrons. The number of carbonyl (C=O) groups excluding carboxylic acids is 1. The molecule has 0 spiro atoms. The molecule has 34 heavy (non-hydrogen) atoms. The molecule has 0 bridgehead atoms. The maximum Gasteiger partial charge on any atom is 0.316 e. The number of nitrogens with one attached hydrogen (secondary N) is 1. The Bertz CT molecular complexity index is 1230. The van der Waals surface area contributed by atoms with Crippen LogP contribution in [-0.2, 0) is 26.6 Å². The standard InChI is InChI=1S/C24H28N4O4S2/c1-17-8-14-21(15-9-17)34(30,31)27-19-12-10-18(11-13-19)23-25-26-24(28(23)2)33-16-22(29)32-20-6-4-3-5-7-20/h8-15,20,27H,3-7,16H2,1-2H3. The van der Waals surface area contributed by atoms with Gasteiger partial charge in [-0.1, -0.05) is 35.9 Å². The average Bonchev–Trinajstić information content (AvgIpc) is 3.19. The molecule has 0 aliphatic heterocycles. The highest BCUT2D eigenvalue weighted by Crippen LogP contribution is 2.26. The molecule has 1 aromatic heterocycles. The highest BCUT2D eigenvalue weighted by atomic mass is 32.2. The first-order valence-corrected chi connectivity index (χ1v) is 13.7. The van der Waals surface area contributed by atoms with E-state index < -0.39 is 10.0 Å². The van der Waals surface area contributed by atoms with Gasteiger partial charge in [-0.3, -0.25) is 9.52 Å². The maximum atomic E-state index is 12.6. The Labute approximate surface area is 204 Å². The number of nitrogens with zero attached hydrogens (tertiary/aromatic N) is 3. The Morgan fingerprint density at radius 2 is 1.74 bits per heavy atom. The van der Waals surface area contributed by atoms with Crippen molar-refractivity contribution in [2.75, 3.05) is 10.5 Å². The van der Waals surface area contributed by atoms with E-state index in [-0.39, 0.29) is 22.7 Å². The van der Waals surface area contributed by atoms with Crippen LogP contribution >= 0.6 is 11.8 Å². The summed E-state index contributed by atoms with van der Waals surface area (Å²) in [5, 5.41) is 9.05. The second-order valence-electron chi connectivity index (χ2n) is 8.40. The van der Waals surface area contributed by atoms with Gasteiger partial charge in [0.1, 0.15) is 6.10 Å². The average molecular weight is 501 g/mol. The van der Waals surface area contributed by atoms with Crippen LogP contribution in [-0.4, -0.2) is 41.0 Å². The molecule has 2 aromatic carbocycles. The van der Waals surface area contributed by atoms with Crippen LogP contribution in [0.4, 0.5) is 5.69 Å². The summed E-state index contributed by atoms with van der Waals surface area (Å²) in [6.45, 7) is 1.90. The first-order chi connectivity index (χ1) is 16.3. The molecule has 1 N–H and O–H groups in total. The monoisotopic (exact) mass is 500 g/mol. The number of anilines is 1. The minimum absolute atomic E-state index is 0.0406. The van der Waals surface area contributed by atoms with Gasteiger partial charge in [-0.15, -0.1) is 10.2 Å². The summed E-state index contributed by atoms with van der Waals surface area (Å²) in [7, 11) is -1.84. The van der Waals surface area contributed by atoms with E-state index >= 15 is 0 Å². The van der Waals surface area contributed by atoms with Crippen LogP contribution in [0.5, 0.6) is 0 Å². The van der Waals surface area contributed by atoms with Gasteiger partial charge in [-0.05, 0) is 69.0 Å². The SMILES string of the molecule is Cc1ccc(S(=O)(=O)Nc2ccc(-c3nnc(SCC(=O)OC4CCCCC4)n3C)cc2)cc1. The molecule has 8 nitrogen and oxygen atoms in total. The number of thioether (sulfide) groups is 1. The Hall–Kier alpha value is -2.85. The van der Waals surface area contributed by atoms with Crippen molar-refractivity contribution in [3.63, 3.8) is 0 Å². The van der Waals surface area contributed by atoms with Crippen LogP contribution in [0.2, 0.25) is 0 Å². The Kier molecular flexibility index (Phi) is 7.57. The van der Waals surface area contributed by atoms with Gasteiger partial charge in [0.15, 0.2) is 11.0 Å². The van der Waals surface area contributed by atoms with Crippen LogP contribution in [0, 0.1) is 6.92 Å². The fourth-order valence-corrected chi connectivity index (χ4v) is 5.59. The van der Waals surface area contributed by atoms with Gasteiger partial charge in [0.25, 0.3) is 10.0 Å². The van der Waals surface area contributed by atoms with Crippen LogP contribution in [0.25, 0.3) is 11.4 Å². The molecule has 1 heterocycles. The first-order valence-electron chi connectivity index (χ1n) is 11.2. The molecular weight excluding hydrogens is 472 g/mol. The zero-order chi connectivity index (χ0) is 24.1. The predicted octanol–water partition coefficient (Wildman–Crippen LogP) is 4.56. The number of sulfonamides is 1. The van der Waals surface area contributed by atoms with Crippen LogP contribution in [0.3, 0.4) is 0 Å². The highest BCUT2D eigenvalue weighted by molar-refractivity contribution is 7.99. The quantitative estimate of drug-likeness (QED) is 0.357. The van der Waals surface area contributed by atoms with Gasteiger partial charge in [0, 0.05) is 18.3 Å². The second kappa shape index (κ2) is 10.6. The fraction of sp³-hybridized carbons (Fsp3) is 0.375. The van der Waals surface area contributed by atoms with Crippen LogP contribution in [0.1, 0.15) is 37.7 Å². The number of carbonyl (C=O) groups is 1. The number of hydrogen-bond acceptors (Lipinski definition) is 7. The third-order valence-electron chi connectivity index (χ3n) is 5.73. The van der Waals surface area contributed by atoms with Crippen molar-refractivity contribution < 1.29 is 17.9 Å². The van der Waals surface area contributed by atoms with Crippen molar-refractivity contribution >= 4 is 33.4 Å². The maximum absolute atomic E-state index is 12.6. The summed E-state index contributed by atoms with van der Waals surface area (Å²) < 4.78 is 35.2. The summed E-state index contributed by atoms with van der Waals surface area (Å²) in [5.74, 6) is 0.574. The number of rotatable bonds is 8. The van der Waals surface area contributed by atoms with E-state index in [1.54, 1.807) is 48.5 Å². The predicted molar refractivity (Wildman–Crippen MR) is 132 cm³/mol.